The summed E-state index contributed by atoms with van der Waals surface area (Å²) >= 11 is 0. The molecule has 9 nitrogen and oxygen atoms in total. The zero-order chi connectivity index (χ0) is 40.5. The maximum atomic E-state index is 12.6. The first-order chi connectivity index (χ1) is 26.7. The summed E-state index contributed by atoms with van der Waals surface area (Å²) in [5, 5.41) is 0. The number of hydrogen-bond donors (Lipinski definition) is 1. The lowest BCUT2D eigenvalue weighted by atomic mass is 10.1. The van der Waals surface area contributed by atoms with E-state index in [9.17, 15) is 19.0 Å². The Morgan fingerprint density at radius 3 is 1.49 bits per heavy atom. The maximum absolute atomic E-state index is 12.6. The molecule has 55 heavy (non-hydrogen) atoms. The van der Waals surface area contributed by atoms with Gasteiger partial charge in [-0.25, -0.2) is 4.57 Å². The minimum absolute atomic E-state index is 0.00377. The van der Waals surface area contributed by atoms with Crippen LogP contribution in [0.5, 0.6) is 0 Å². The molecule has 0 aromatic rings. The predicted molar refractivity (Wildman–Crippen MR) is 229 cm³/mol. The minimum Gasteiger partial charge on any atom is -0.462 e. The maximum Gasteiger partial charge on any atom is 0.472 e. The minimum atomic E-state index is -4.38. The standard InChI is InChI=1S/C45H80NO8P/c1-5-7-9-11-13-15-17-19-21-22-24-25-27-29-31-33-35-37-44(47)51-41-43(42-53-55(49,50)52-40-39-46(3)4)54-45(48)38-36-34-32-30-28-26-23-20-18-16-14-12-10-8-6-2/h13-16,19-21,23,28,30,43H,5-12,17-18,22,24-27,29,31-42H2,1-4H3,(H,49,50)/b15-13-,16-14-,21-19-,23-20-,30-28-. The quantitative estimate of drug-likeness (QED) is 0.0281. The van der Waals surface area contributed by atoms with Crippen LogP contribution in [-0.2, 0) is 32.7 Å². The smallest absolute Gasteiger partial charge is 0.462 e. The van der Waals surface area contributed by atoms with Crippen LogP contribution in [0.3, 0.4) is 0 Å². The number of unbranched alkanes of at least 4 members (excludes halogenated alkanes) is 15. The Hall–Kier alpha value is -2.29. The number of phosphoric ester groups is 1. The van der Waals surface area contributed by atoms with Crippen LogP contribution in [0.15, 0.2) is 60.8 Å². The van der Waals surface area contributed by atoms with Gasteiger partial charge in [0.2, 0.25) is 0 Å². The molecule has 0 aliphatic heterocycles. The van der Waals surface area contributed by atoms with Gasteiger partial charge >= 0.3 is 19.8 Å². The number of rotatable bonds is 39. The van der Waals surface area contributed by atoms with Gasteiger partial charge in [0.15, 0.2) is 6.10 Å². The van der Waals surface area contributed by atoms with Crippen LogP contribution < -0.4 is 0 Å². The van der Waals surface area contributed by atoms with Gasteiger partial charge in [-0.05, 0) is 97.6 Å². The first kappa shape index (κ1) is 52.7. The van der Waals surface area contributed by atoms with E-state index in [0.29, 0.717) is 13.0 Å². The largest absolute Gasteiger partial charge is 0.472 e. The van der Waals surface area contributed by atoms with Crippen molar-refractivity contribution < 1.29 is 37.6 Å². The molecule has 2 unspecified atom stereocenters. The molecular weight excluding hydrogens is 713 g/mol. The highest BCUT2D eigenvalue weighted by molar-refractivity contribution is 7.47. The molecule has 0 saturated heterocycles. The highest BCUT2D eigenvalue weighted by Gasteiger charge is 2.26. The number of likely N-dealkylation sites (N-methyl/N-ethyl adjacent to an activating group) is 1. The molecule has 1 N–H and O–H groups in total. The molecule has 0 aromatic heterocycles. The van der Waals surface area contributed by atoms with Crippen molar-refractivity contribution in [3.63, 3.8) is 0 Å². The monoisotopic (exact) mass is 794 g/mol. The van der Waals surface area contributed by atoms with Crippen LogP contribution in [-0.4, -0.2) is 68.3 Å². The Balaban J connectivity index is 4.38. The lowest BCUT2D eigenvalue weighted by molar-refractivity contribution is -0.161. The molecule has 0 amide bonds. The van der Waals surface area contributed by atoms with Gasteiger partial charge < -0.3 is 19.3 Å². The van der Waals surface area contributed by atoms with Crippen molar-refractivity contribution in [2.24, 2.45) is 0 Å². The fraction of sp³-hybridized carbons (Fsp3) is 0.733. The van der Waals surface area contributed by atoms with Crippen molar-refractivity contribution in [3.05, 3.63) is 60.8 Å². The van der Waals surface area contributed by atoms with Crippen LogP contribution >= 0.6 is 7.82 Å². The van der Waals surface area contributed by atoms with Crippen LogP contribution in [0, 0.1) is 0 Å². The summed E-state index contributed by atoms with van der Waals surface area (Å²) in [6, 6.07) is 0. The highest BCUT2D eigenvalue weighted by atomic mass is 31.2. The molecule has 0 aliphatic rings. The molecule has 0 spiro atoms. The normalized spacial score (nSPS) is 14.0. The van der Waals surface area contributed by atoms with Crippen molar-refractivity contribution in [1.82, 2.24) is 4.90 Å². The summed E-state index contributed by atoms with van der Waals surface area (Å²) in [6.45, 7) is 4.20. The first-order valence-electron chi connectivity index (χ1n) is 21.6. The molecule has 318 valence electrons. The number of nitrogens with zero attached hydrogens (tertiary/aromatic N) is 1. The van der Waals surface area contributed by atoms with Crippen molar-refractivity contribution >= 4 is 19.8 Å². The van der Waals surface area contributed by atoms with E-state index in [-0.39, 0.29) is 26.1 Å². The second kappa shape index (κ2) is 39.9. The number of carbonyl (C=O) groups excluding carboxylic acids is 2. The Bertz CT molecular complexity index is 1100. The second-order valence-electron chi connectivity index (χ2n) is 14.5. The van der Waals surface area contributed by atoms with E-state index < -0.39 is 32.5 Å². The molecule has 0 aromatic carbocycles. The predicted octanol–water partition coefficient (Wildman–Crippen LogP) is 12.3. The molecule has 0 saturated carbocycles. The van der Waals surface area contributed by atoms with Gasteiger partial charge in [0.25, 0.3) is 0 Å². The molecule has 0 rings (SSSR count). The number of hydrogen-bond acceptors (Lipinski definition) is 8. The van der Waals surface area contributed by atoms with Gasteiger partial charge in [0.05, 0.1) is 13.2 Å². The van der Waals surface area contributed by atoms with Gasteiger partial charge in [-0.15, -0.1) is 0 Å². The average molecular weight is 794 g/mol. The topological polar surface area (TPSA) is 112 Å². The summed E-state index contributed by atoms with van der Waals surface area (Å²) in [5.41, 5.74) is 0. The van der Waals surface area contributed by atoms with E-state index >= 15 is 0 Å². The molecule has 0 aliphatic carbocycles. The number of phosphoric acid groups is 1. The molecule has 0 radical (unpaired) electrons. The number of allylic oxidation sites excluding steroid dienone is 10. The molecule has 0 bridgehead atoms. The third-order valence-electron chi connectivity index (χ3n) is 8.80. The average Bonchev–Trinajstić information content (AvgIpc) is 3.15. The van der Waals surface area contributed by atoms with Crippen LogP contribution in [0.4, 0.5) is 0 Å². The molecule has 2 atom stereocenters. The summed E-state index contributed by atoms with van der Waals surface area (Å²) in [5.74, 6) is -0.861. The summed E-state index contributed by atoms with van der Waals surface area (Å²) in [6.07, 6.45) is 45.5. The van der Waals surface area contributed by atoms with Crippen molar-refractivity contribution in [2.45, 2.75) is 174 Å². The van der Waals surface area contributed by atoms with E-state index in [1.807, 2.05) is 19.0 Å². The Kier molecular flexibility index (Phi) is 38.3. The van der Waals surface area contributed by atoms with Crippen molar-refractivity contribution in [1.29, 1.82) is 0 Å². The molecule has 10 heteroatoms. The van der Waals surface area contributed by atoms with Crippen LogP contribution in [0.25, 0.3) is 0 Å². The van der Waals surface area contributed by atoms with Gasteiger partial charge in [-0.1, -0.05) is 132 Å². The zero-order valence-corrected chi connectivity index (χ0v) is 36.2. The van der Waals surface area contributed by atoms with Gasteiger partial charge in [0.1, 0.15) is 6.61 Å². The van der Waals surface area contributed by atoms with Gasteiger partial charge in [-0.3, -0.25) is 18.6 Å². The van der Waals surface area contributed by atoms with Crippen molar-refractivity contribution in [2.75, 3.05) is 40.5 Å². The van der Waals surface area contributed by atoms with E-state index in [1.54, 1.807) is 0 Å². The Labute approximate surface area is 336 Å². The molecular formula is C45H80NO8P. The van der Waals surface area contributed by atoms with E-state index in [1.165, 1.54) is 64.2 Å². The second-order valence-corrected chi connectivity index (χ2v) is 16.0. The fourth-order valence-electron chi connectivity index (χ4n) is 5.43. The summed E-state index contributed by atoms with van der Waals surface area (Å²) < 4.78 is 33.4. The van der Waals surface area contributed by atoms with Gasteiger partial charge in [-0.2, -0.15) is 0 Å². The van der Waals surface area contributed by atoms with E-state index in [2.05, 4.69) is 74.6 Å². The van der Waals surface area contributed by atoms with Gasteiger partial charge in [0, 0.05) is 19.4 Å². The third kappa shape index (κ3) is 41.2. The fourth-order valence-corrected chi connectivity index (χ4v) is 6.17. The van der Waals surface area contributed by atoms with Crippen LogP contribution in [0.2, 0.25) is 0 Å². The van der Waals surface area contributed by atoms with E-state index in [0.717, 1.165) is 70.6 Å². The SMILES string of the molecule is CCCCC/C=C\C/C=C\C/C=C\CCCCC(=O)OC(COC(=O)CCCCCCCCC/C=C\C/C=C\CCCCC)COP(=O)(O)OCCN(C)C. The number of ether oxygens (including phenoxy) is 2. The Morgan fingerprint density at radius 2 is 0.982 bits per heavy atom. The summed E-state index contributed by atoms with van der Waals surface area (Å²) in [4.78, 5) is 37.0. The zero-order valence-electron chi connectivity index (χ0n) is 35.3. The first-order valence-corrected chi connectivity index (χ1v) is 23.1. The summed E-state index contributed by atoms with van der Waals surface area (Å²) in [7, 11) is -0.741. The lowest BCUT2D eigenvalue weighted by Crippen LogP contribution is -2.29. The van der Waals surface area contributed by atoms with Crippen molar-refractivity contribution in [3.8, 4) is 0 Å². The highest BCUT2D eigenvalue weighted by Crippen LogP contribution is 2.43. The van der Waals surface area contributed by atoms with E-state index in [4.69, 9.17) is 18.5 Å². The third-order valence-corrected chi connectivity index (χ3v) is 9.78. The number of carbonyl (C=O) groups is 2. The number of esters is 2. The Morgan fingerprint density at radius 1 is 0.564 bits per heavy atom. The van der Waals surface area contributed by atoms with Crippen LogP contribution in [0.1, 0.15) is 168 Å². The molecule has 0 fully saturated rings. The lowest BCUT2D eigenvalue weighted by Gasteiger charge is -2.20. The molecule has 0 heterocycles.